The van der Waals surface area contributed by atoms with Crippen LogP contribution in [0.4, 0.5) is 0 Å². The van der Waals surface area contributed by atoms with Crippen molar-refractivity contribution in [3.8, 4) is 0 Å². The summed E-state index contributed by atoms with van der Waals surface area (Å²) >= 11 is 0. The molecule has 1 saturated heterocycles. The lowest BCUT2D eigenvalue weighted by molar-refractivity contribution is -0.825. The highest BCUT2D eigenvalue weighted by molar-refractivity contribution is 6.02. The predicted octanol–water partition coefficient (Wildman–Crippen LogP) is -0.0811. The van der Waals surface area contributed by atoms with Crippen molar-refractivity contribution in [2.45, 2.75) is 32.0 Å². The third-order valence-electron chi connectivity index (χ3n) is 4.17. The summed E-state index contributed by atoms with van der Waals surface area (Å²) in [6.45, 7) is 0.125. The van der Waals surface area contributed by atoms with E-state index in [2.05, 4.69) is 5.32 Å². The van der Waals surface area contributed by atoms with E-state index in [1.54, 1.807) is 18.2 Å². The van der Waals surface area contributed by atoms with E-state index in [0.717, 1.165) is 5.56 Å². The van der Waals surface area contributed by atoms with Gasteiger partial charge in [0.2, 0.25) is 5.91 Å². The Hall–Kier alpha value is -2.09. The molecule has 3 N–H and O–H groups in total. The number of nitrogens with one attached hydrogen (secondary N) is 1. The molecule has 2 atom stereocenters. The molecule has 1 aromatic rings. The lowest BCUT2D eigenvalue weighted by atomic mass is 10.0. The van der Waals surface area contributed by atoms with Crippen LogP contribution in [0.25, 0.3) is 0 Å². The van der Waals surface area contributed by atoms with Gasteiger partial charge in [-0.15, -0.1) is 0 Å². The molecule has 3 rings (SSSR count). The number of imide groups is 1. The summed E-state index contributed by atoms with van der Waals surface area (Å²) in [6, 6.07) is 3.96. The number of piperidine rings is 1. The van der Waals surface area contributed by atoms with Gasteiger partial charge in [-0.25, -0.2) is 4.79 Å². The van der Waals surface area contributed by atoms with Crippen molar-refractivity contribution in [2.75, 3.05) is 0 Å². The van der Waals surface area contributed by atoms with Crippen LogP contribution >= 0.6 is 0 Å². The standard InChI is InChI=1S/C14H15N3O4/c15-6-8-2-1-3-9-10(8)7-17(21,14(9)20)11-4-5-12(18)16-13(11)19/h1-3,11H,4-7,15H2,(H,16,18,19). The Bertz CT molecular complexity index is 658. The monoisotopic (exact) mass is 289 g/mol. The number of rotatable bonds is 2. The molecule has 110 valence electrons. The Morgan fingerprint density at radius 3 is 2.76 bits per heavy atom. The van der Waals surface area contributed by atoms with Gasteiger partial charge < -0.3 is 10.9 Å². The predicted molar refractivity (Wildman–Crippen MR) is 72.2 cm³/mol. The number of carbonyl (C=O) groups excluding carboxylic acids is 3. The topological polar surface area (TPSA) is 112 Å². The number of amides is 3. The van der Waals surface area contributed by atoms with Crippen LogP contribution in [0.2, 0.25) is 0 Å². The molecule has 7 nitrogen and oxygen atoms in total. The molecule has 2 heterocycles. The maximum absolute atomic E-state index is 13.0. The summed E-state index contributed by atoms with van der Waals surface area (Å²) in [7, 11) is 0. The number of nitrogens with zero attached hydrogens (tertiary/aromatic N) is 1. The number of fused-ring (bicyclic) bond motifs is 1. The Morgan fingerprint density at radius 1 is 1.33 bits per heavy atom. The van der Waals surface area contributed by atoms with Crippen LogP contribution in [0.3, 0.4) is 0 Å². The summed E-state index contributed by atoms with van der Waals surface area (Å²) < 4.78 is -1.26. The molecule has 2 aliphatic heterocycles. The Labute approximate surface area is 120 Å². The quantitative estimate of drug-likeness (QED) is 0.449. The Morgan fingerprint density at radius 2 is 2.10 bits per heavy atom. The highest BCUT2D eigenvalue weighted by atomic mass is 16.6. The number of carbonyl (C=O) groups is 3. The third-order valence-corrected chi connectivity index (χ3v) is 4.17. The van der Waals surface area contributed by atoms with Crippen LogP contribution in [0.5, 0.6) is 0 Å². The van der Waals surface area contributed by atoms with Gasteiger partial charge in [0.15, 0.2) is 6.04 Å². The SMILES string of the molecule is NCc1cccc2c1C[N+]([O-])(C1CCC(=O)NC1=O)C2=O. The van der Waals surface area contributed by atoms with E-state index >= 15 is 0 Å². The fourth-order valence-electron chi connectivity index (χ4n) is 3.06. The molecule has 0 aliphatic carbocycles. The average Bonchev–Trinajstić information content (AvgIpc) is 2.71. The highest BCUT2D eigenvalue weighted by Gasteiger charge is 2.49. The number of nitrogens with two attached hydrogens (primary N) is 1. The molecule has 0 saturated carbocycles. The van der Waals surface area contributed by atoms with E-state index in [1.807, 2.05) is 0 Å². The van der Waals surface area contributed by atoms with Gasteiger partial charge in [-0.2, -0.15) is 0 Å². The largest absolute Gasteiger partial charge is 0.624 e. The molecule has 0 spiro atoms. The maximum Gasteiger partial charge on any atom is 0.347 e. The zero-order chi connectivity index (χ0) is 15.2. The minimum Gasteiger partial charge on any atom is -0.624 e. The van der Waals surface area contributed by atoms with Crippen LogP contribution in [-0.2, 0) is 22.7 Å². The first-order valence-corrected chi connectivity index (χ1v) is 6.75. The fourth-order valence-corrected chi connectivity index (χ4v) is 3.06. The summed E-state index contributed by atoms with van der Waals surface area (Å²) in [6.07, 6.45) is 0.165. The first-order valence-electron chi connectivity index (χ1n) is 6.75. The van der Waals surface area contributed by atoms with Crippen molar-refractivity contribution in [1.82, 2.24) is 5.32 Å². The minimum absolute atomic E-state index is 0.0754. The van der Waals surface area contributed by atoms with Crippen molar-refractivity contribution in [3.63, 3.8) is 0 Å². The number of quaternary nitrogens is 1. The molecular formula is C14H15N3O4. The van der Waals surface area contributed by atoms with Gasteiger partial charge in [-0.05, 0) is 11.6 Å². The number of hydroxylamine groups is 3. The number of hydrogen-bond donors (Lipinski definition) is 2. The summed E-state index contributed by atoms with van der Waals surface area (Å²) in [5.41, 5.74) is 7.32. The summed E-state index contributed by atoms with van der Waals surface area (Å²) in [5.74, 6) is -1.71. The lowest BCUT2D eigenvalue weighted by Crippen LogP contribution is -2.60. The maximum atomic E-state index is 13.0. The van der Waals surface area contributed by atoms with E-state index in [1.165, 1.54) is 0 Å². The Balaban J connectivity index is 1.99. The lowest BCUT2D eigenvalue weighted by Gasteiger charge is -2.42. The van der Waals surface area contributed by atoms with E-state index in [-0.39, 0.29) is 25.9 Å². The molecule has 2 unspecified atom stereocenters. The zero-order valence-electron chi connectivity index (χ0n) is 11.3. The van der Waals surface area contributed by atoms with Crippen LogP contribution in [0, 0.1) is 5.21 Å². The van der Waals surface area contributed by atoms with Gasteiger partial charge in [0, 0.05) is 24.9 Å². The van der Waals surface area contributed by atoms with Crippen molar-refractivity contribution in [3.05, 3.63) is 40.1 Å². The van der Waals surface area contributed by atoms with Crippen molar-refractivity contribution in [2.24, 2.45) is 5.73 Å². The van der Waals surface area contributed by atoms with Crippen LogP contribution in [-0.4, -0.2) is 28.4 Å². The van der Waals surface area contributed by atoms with Crippen LogP contribution < -0.4 is 11.1 Å². The first kappa shape index (κ1) is 13.9. The fraction of sp³-hybridized carbons (Fsp3) is 0.357. The molecule has 7 heteroatoms. The molecule has 0 radical (unpaired) electrons. The van der Waals surface area contributed by atoms with Gasteiger partial charge in [-0.3, -0.25) is 19.6 Å². The minimum atomic E-state index is -1.26. The average molecular weight is 289 g/mol. The van der Waals surface area contributed by atoms with Gasteiger partial charge in [0.25, 0.3) is 5.91 Å². The zero-order valence-corrected chi connectivity index (χ0v) is 11.3. The second-order valence-electron chi connectivity index (χ2n) is 5.37. The van der Waals surface area contributed by atoms with Gasteiger partial charge in [0.1, 0.15) is 6.54 Å². The van der Waals surface area contributed by atoms with E-state index in [0.29, 0.717) is 11.1 Å². The smallest absolute Gasteiger partial charge is 0.347 e. The molecule has 1 aromatic carbocycles. The third kappa shape index (κ3) is 1.98. The van der Waals surface area contributed by atoms with Crippen LogP contribution in [0.15, 0.2) is 18.2 Å². The van der Waals surface area contributed by atoms with Gasteiger partial charge >= 0.3 is 5.91 Å². The molecule has 0 aromatic heterocycles. The summed E-state index contributed by atoms with van der Waals surface area (Å²) in [4.78, 5) is 35.6. The summed E-state index contributed by atoms with van der Waals surface area (Å²) in [5, 5.41) is 15.1. The molecule has 0 bridgehead atoms. The van der Waals surface area contributed by atoms with Crippen molar-refractivity contribution in [1.29, 1.82) is 0 Å². The number of benzene rings is 1. The molecule has 3 amide bonds. The molecule has 2 aliphatic rings. The second kappa shape index (κ2) is 4.73. The molecular weight excluding hydrogens is 274 g/mol. The molecule has 1 fully saturated rings. The first-order chi connectivity index (χ1) is 9.97. The van der Waals surface area contributed by atoms with E-state index in [9.17, 15) is 19.6 Å². The van der Waals surface area contributed by atoms with Crippen molar-refractivity contribution >= 4 is 17.7 Å². The normalized spacial score (nSPS) is 28.5. The molecule has 21 heavy (non-hydrogen) atoms. The van der Waals surface area contributed by atoms with Crippen LogP contribution in [0.1, 0.15) is 34.3 Å². The van der Waals surface area contributed by atoms with E-state index in [4.69, 9.17) is 5.73 Å². The second-order valence-corrected chi connectivity index (χ2v) is 5.37. The Kier molecular flexibility index (Phi) is 3.12. The van der Waals surface area contributed by atoms with E-state index < -0.39 is 28.4 Å². The van der Waals surface area contributed by atoms with Gasteiger partial charge in [-0.1, -0.05) is 12.1 Å². The van der Waals surface area contributed by atoms with Gasteiger partial charge in [0.05, 0.1) is 5.56 Å². The van der Waals surface area contributed by atoms with Crippen molar-refractivity contribution < 1.29 is 19.0 Å². The highest BCUT2D eigenvalue weighted by Crippen LogP contribution is 2.35. The number of hydrogen-bond acceptors (Lipinski definition) is 5.